The SMILES string of the molecule is CCCc1ccc(C)cc1-n1c(C)cs/c1=N\C(=O)N/C(C)=C(\C)c1ccc(-c2ncn(-c3ccc(OC(F)(F)F)cc3)n2)cc1. The molecular formula is C34H33F3N6O2S. The monoisotopic (exact) mass is 646 g/mol. The molecule has 0 saturated carbocycles. The number of halogens is 3. The zero-order valence-corrected chi connectivity index (χ0v) is 26.8. The minimum absolute atomic E-state index is 0.315. The Kier molecular flexibility index (Phi) is 9.57. The molecule has 0 aliphatic rings. The number of aryl methyl sites for hydroxylation is 3. The van der Waals surface area contributed by atoms with Gasteiger partial charge >= 0.3 is 12.4 Å². The molecule has 238 valence electrons. The van der Waals surface area contributed by atoms with Crippen molar-refractivity contribution in [3.8, 4) is 28.5 Å². The summed E-state index contributed by atoms with van der Waals surface area (Å²) >= 11 is 1.43. The zero-order chi connectivity index (χ0) is 33.0. The number of hydrogen-bond acceptors (Lipinski definition) is 5. The Balaban J connectivity index is 1.31. The topological polar surface area (TPSA) is 86.3 Å². The first kappa shape index (κ1) is 32.4. The standard InChI is InChI=1S/C34H33F3N6O2S/c1-6-7-26-9-8-21(2)18-30(26)43-22(3)19-46-33(43)40-32(44)39-24(5)23(4)25-10-12-27(13-11-25)31-38-20-42(41-31)28-14-16-29(17-15-28)45-34(35,36)37/h8-20H,6-7H2,1-5H3,(H,39,44)/b24-23+,40-33-. The number of aromatic nitrogens is 4. The van der Waals surface area contributed by atoms with E-state index in [0.717, 1.165) is 46.5 Å². The summed E-state index contributed by atoms with van der Waals surface area (Å²) in [5.41, 5.74) is 8.12. The number of nitrogens with one attached hydrogen (secondary N) is 1. The van der Waals surface area contributed by atoms with Crippen molar-refractivity contribution >= 4 is 22.9 Å². The average Bonchev–Trinajstić information content (AvgIpc) is 3.64. The van der Waals surface area contributed by atoms with Crippen molar-refractivity contribution in [1.82, 2.24) is 24.6 Å². The number of carbonyl (C=O) groups is 1. The molecule has 0 spiro atoms. The predicted molar refractivity (Wildman–Crippen MR) is 173 cm³/mol. The third-order valence-electron chi connectivity index (χ3n) is 7.34. The van der Waals surface area contributed by atoms with Crippen LogP contribution in [-0.2, 0) is 6.42 Å². The number of benzene rings is 3. The molecule has 2 amide bonds. The van der Waals surface area contributed by atoms with Crippen molar-refractivity contribution in [1.29, 1.82) is 0 Å². The maximum Gasteiger partial charge on any atom is 0.573 e. The van der Waals surface area contributed by atoms with Gasteiger partial charge in [0, 0.05) is 22.3 Å². The van der Waals surface area contributed by atoms with Crippen molar-refractivity contribution in [3.63, 3.8) is 0 Å². The molecule has 0 radical (unpaired) electrons. The molecule has 0 saturated heterocycles. The predicted octanol–water partition coefficient (Wildman–Crippen LogP) is 8.32. The number of carbonyl (C=O) groups excluding carboxylic acids is 1. The normalized spacial score (nSPS) is 12.7. The van der Waals surface area contributed by atoms with Crippen LogP contribution in [0.25, 0.3) is 28.3 Å². The number of allylic oxidation sites excluding steroid dienone is 2. The first-order valence-electron chi connectivity index (χ1n) is 14.6. The number of alkyl halides is 3. The lowest BCUT2D eigenvalue weighted by Crippen LogP contribution is -2.24. The molecule has 0 bridgehead atoms. The van der Waals surface area contributed by atoms with Gasteiger partial charge in [0.05, 0.1) is 11.4 Å². The van der Waals surface area contributed by atoms with Crippen molar-refractivity contribution in [2.45, 2.75) is 53.8 Å². The summed E-state index contributed by atoms with van der Waals surface area (Å²) in [7, 11) is 0. The van der Waals surface area contributed by atoms with E-state index < -0.39 is 12.4 Å². The highest BCUT2D eigenvalue weighted by Crippen LogP contribution is 2.25. The fourth-order valence-electron chi connectivity index (χ4n) is 4.90. The Morgan fingerprint density at radius 3 is 2.41 bits per heavy atom. The molecule has 8 nitrogen and oxygen atoms in total. The van der Waals surface area contributed by atoms with E-state index in [9.17, 15) is 18.0 Å². The lowest BCUT2D eigenvalue weighted by atomic mass is 10.0. The molecule has 0 unspecified atom stereocenters. The van der Waals surface area contributed by atoms with E-state index in [1.807, 2.05) is 55.0 Å². The molecule has 2 heterocycles. The number of hydrogen-bond donors (Lipinski definition) is 1. The molecule has 1 N–H and O–H groups in total. The summed E-state index contributed by atoms with van der Waals surface area (Å²) in [6, 6.07) is 18.8. The number of ether oxygens (including phenoxy) is 1. The third-order valence-corrected chi connectivity index (χ3v) is 8.28. The van der Waals surface area contributed by atoms with Gasteiger partial charge < -0.3 is 10.1 Å². The number of thiazole rings is 1. The third kappa shape index (κ3) is 7.63. The fraction of sp³-hybridized carbons (Fsp3) is 0.235. The second-order valence-electron chi connectivity index (χ2n) is 10.8. The highest BCUT2D eigenvalue weighted by molar-refractivity contribution is 7.07. The molecular weight excluding hydrogens is 613 g/mol. The van der Waals surface area contributed by atoms with Gasteiger partial charge in [0.2, 0.25) is 0 Å². The van der Waals surface area contributed by atoms with Gasteiger partial charge in [-0.2, -0.15) is 4.99 Å². The van der Waals surface area contributed by atoms with Crippen LogP contribution in [0.5, 0.6) is 5.75 Å². The van der Waals surface area contributed by atoms with Crippen LogP contribution in [0.2, 0.25) is 0 Å². The first-order valence-corrected chi connectivity index (χ1v) is 15.5. The molecule has 0 aliphatic heterocycles. The Morgan fingerprint density at radius 1 is 1.02 bits per heavy atom. The quantitative estimate of drug-likeness (QED) is 0.184. The average molecular weight is 647 g/mol. The van der Waals surface area contributed by atoms with E-state index in [1.165, 1.54) is 52.2 Å². The molecule has 5 aromatic rings. The van der Waals surface area contributed by atoms with Crippen LogP contribution < -0.4 is 14.9 Å². The molecule has 0 atom stereocenters. The van der Waals surface area contributed by atoms with Crippen LogP contribution >= 0.6 is 11.3 Å². The summed E-state index contributed by atoms with van der Waals surface area (Å²) in [4.78, 5) is 22.4. The van der Waals surface area contributed by atoms with E-state index in [-0.39, 0.29) is 5.75 Å². The summed E-state index contributed by atoms with van der Waals surface area (Å²) in [6.07, 6.45) is -1.33. The maximum atomic E-state index is 13.1. The Labute approximate surface area is 268 Å². The van der Waals surface area contributed by atoms with Crippen LogP contribution in [0.4, 0.5) is 18.0 Å². The highest BCUT2D eigenvalue weighted by atomic mass is 32.1. The zero-order valence-electron chi connectivity index (χ0n) is 26.0. The van der Waals surface area contributed by atoms with E-state index in [0.29, 0.717) is 22.0 Å². The van der Waals surface area contributed by atoms with Crippen LogP contribution in [0.3, 0.4) is 0 Å². The van der Waals surface area contributed by atoms with Crippen molar-refractivity contribution < 1.29 is 22.7 Å². The Hall–Kier alpha value is -4.97. The van der Waals surface area contributed by atoms with Gasteiger partial charge in [-0.1, -0.05) is 49.7 Å². The van der Waals surface area contributed by atoms with E-state index in [1.54, 1.807) is 0 Å². The van der Waals surface area contributed by atoms with E-state index in [2.05, 4.69) is 57.2 Å². The molecule has 0 aliphatic carbocycles. The maximum absolute atomic E-state index is 13.1. The second kappa shape index (κ2) is 13.6. The van der Waals surface area contributed by atoms with Gasteiger partial charge in [-0.3, -0.25) is 4.57 Å². The van der Waals surface area contributed by atoms with Crippen molar-refractivity contribution in [2.24, 2.45) is 4.99 Å². The van der Waals surface area contributed by atoms with Gasteiger partial charge in [0.25, 0.3) is 0 Å². The van der Waals surface area contributed by atoms with Crippen molar-refractivity contribution in [3.05, 3.63) is 111 Å². The summed E-state index contributed by atoms with van der Waals surface area (Å²) in [5.74, 6) is 0.132. The van der Waals surface area contributed by atoms with Crippen LogP contribution in [0, 0.1) is 13.8 Å². The second-order valence-corrected chi connectivity index (χ2v) is 11.6. The fourth-order valence-corrected chi connectivity index (χ4v) is 5.77. The molecule has 46 heavy (non-hydrogen) atoms. The van der Waals surface area contributed by atoms with Crippen LogP contribution in [-0.4, -0.2) is 31.7 Å². The lowest BCUT2D eigenvalue weighted by Gasteiger charge is -2.13. The first-order chi connectivity index (χ1) is 21.9. The minimum atomic E-state index is -4.76. The number of urea groups is 1. The Bertz CT molecular complexity index is 1950. The molecule has 3 aromatic carbocycles. The smallest absolute Gasteiger partial charge is 0.406 e. The minimum Gasteiger partial charge on any atom is -0.406 e. The summed E-state index contributed by atoms with van der Waals surface area (Å²) < 4.78 is 44.8. The van der Waals surface area contributed by atoms with Gasteiger partial charge in [-0.05, 0) is 86.7 Å². The van der Waals surface area contributed by atoms with E-state index in [4.69, 9.17) is 0 Å². The highest BCUT2D eigenvalue weighted by Gasteiger charge is 2.31. The van der Waals surface area contributed by atoms with Gasteiger partial charge in [0.1, 0.15) is 12.1 Å². The largest absolute Gasteiger partial charge is 0.573 e. The van der Waals surface area contributed by atoms with Crippen LogP contribution in [0.15, 0.2) is 89.1 Å². The summed E-state index contributed by atoms with van der Waals surface area (Å²) in [6.45, 7) is 9.97. The van der Waals surface area contributed by atoms with Gasteiger partial charge in [-0.15, -0.1) is 29.6 Å². The van der Waals surface area contributed by atoms with Gasteiger partial charge in [0.15, 0.2) is 10.6 Å². The van der Waals surface area contributed by atoms with E-state index >= 15 is 0 Å². The molecule has 12 heteroatoms. The van der Waals surface area contributed by atoms with Crippen molar-refractivity contribution in [2.75, 3.05) is 0 Å². The van der Waals surface area contributed by atoms with Crippen LogP contribution in [0.1, 0.15) is 49.6 Å². The lowest BCUT2D eigenvalue weighted by molar-refractivity contribution is -0.274. The Morgan fingerprint density at radius 2 is 1.74 bits per heavy atom. The number of nitrogens with zero attached hydrogens (tertiary/aromatic N) is 5. The van der Waals surface area contributed by atoms with Gasteiger partial charge in [-0.25, -0.2) is 14.5 Å². The number of rotatable bonds is 8. The number of amides is 2. The molecule has 5 rings (SSSR count). The summed E-state index contributed by atoms with van der Waals surface area (Å²) in [5, 5.41) is 9.37. The molecule has 2 aromatic heterocycles. The molecule has 0 fully saturated rings.